The fourth-order valence-electron chi connectivity index (χ4n) is 8.65. The molecule has 0 unspecified atom stereocenters. The van der Waals surface area contributed by atoms with Gasteiger partial charge in [-0.1, -0.05) is 68.2 Å². The third kappa shape index (κ3) is 11.6. The number of likely N-dealkylation sites (tertiary alicyclic amines) is 2. The summed E-state index contributed by atoms with van der Waals surface area (Å²) in [6, 6.07) is 10.8. The summed E-state index contributed by atoms with van der Waals surface area (Å²) in [6.07, 6.45) is 5.84. The highest BCUT2D eigenvalue weighted by molar-refractivity contribution is 7.13. The van der Waals surface area contributed by atoms with Crippen LogP contribution in [0.2, 0.25) is 10.0 Å². The lowest BCUT2D eigenvalue weighted by molar-refractivity contribution is -0.144. The van der Waals surface area contributed by atoms with E-state index in [1.165, 1.54) is 17.0 Å². The summed E-state index contributed by atoms with van der Waals surface area (Å²) in [7, 11) is 0. The lowest BCUT2D eigenvalue weighted by Crippen LogP contribution is -2.58. The van der Waals surface area contributed by atoms with Crippen molar-refractivity contribution in [1.82, 2.24) is 40.2 Å². The number of carbonyl (C=O) groups excluding carboxylic acids is 3. The zero-order valence-electron chi connectivity index (χ0n) is 38.3. The molecule has 0 saturated carbocycles. The van der Waals surface area contributed by atoms with Crippen LogP contribution in [0.25, 0.3) is 21.6 Å². The molecule has 362 valence electrons. The summed E-state index contributed by atoms with van der Waals surface area (Å²) >= 11 is 14.1. The number of nitrogens with zero attached hydrogens (tertiary/aromatic N) is 6. The summed E-state index contributed by atoms with van der Waals surface area (Å²) in [4.78, 5) is 54.1. The van der Waals surface area contributed by atoms with Crippen molar-refractivity contribution >= 4 is 58.1 Å². The van der Waals surface area contributed by atoms with Gasteiger partial charge in [0.2, 0.25) is 23.9 Å². The number of nitrogens with one attached hydrogen (secondary N) is 3. The van der Waals surface area contributed by atoms with Gasteiger partial charge in [0.15, 0.2) is 11.6 Å². The molecule has 8 rings (SSSR count). The first kappa shape index (κ1) is 49.2. The van der Waals surface area contributed by atoms with Gasteiger partial charge in [-0.25, -0.2) is 14.4 Å². The van der Waals surface area contributed by atoms with E-state index in [0.29, 0.717) is 30.3 Å². The van der Waals surface area contributed by atoms with E-state index in [1.807, 2.05) is 80.6 Å². The number of aliphatic hydroxyl groups is 1. The number of pyridine rings is 1. The molecule has 4 N–H and O–H groups in total. The lowest BCUT2D eigenvalue weighted by atomic mass is 9.85. The Morgan fingerprint density at radius 1 is 1.01 bits per heavy atom. The summed E-state index contributed by atoms with van der Waals surface area (Å²) in [5, 5.41) is 24.3. The van der Waals surface area contributed by atoms with Crippen LogP contribution in [0.5, 0.6) is 5.75 Å². The van der Waals surface area contributed by atoms with Gasteiger partial charge >= 0.3 is 0 Å². The number of β-amino-alcohol motifs (C(OH)–C–C–N with tert-alkyl or cyclic N) is 1. The number of piperidine rings is 1. The van der Waals surface area contributed by atoms with Gasteiger partial charge in [0, 0.05) is 62.7 Å². The monoisotopic (exact) mass is 991 g/mol. The number of aliphatic hydroxyl groups excluding tert-OH is 1. The van der Waals surface area contributed by atoms with Crippen molar-refractivity contribution in [2.75, 3.05) is 57.9 Å². The van der Waals surface area contributed by atoms with Gasteiger partial charge in [0.25, 0.3) is 0 Å². The molecule has 3 amide bonds. The number of aryl methyl sites for hydroxylation is 1. The Hall–Kier alpha value is -5.21. The summed E-state index contributed by atoms with van der Waals surface area (Å²) in [5.41, 5.74) is 6.05. The molecule has 3 aliphatic heterocycles. The fraction of sp³-hybridized carbons (Fsp3) is 0.458. The van der Waals surface area contributed by atoms with Gasteiger partial charge in [-0.15, -0.1) is 11.3 Å². The predicted molar refractivity (Wildman–Crippen MR) is 257 cm³/mol. The van der Waals surface area contributed by atoms with Crippen molar-refractivity contribution in [3.8, 4) is 27.3 Å². The first-order valence-electron chi connectivity index (χ1n) is 22.7. The Kier molecular flexibility index (Phi) is 15.6. The van der Waals surface area contributed by atoms with E-state index in [2.05, 4.69) is 35.9 Å². The number of aromatic nitrogens is 4. The first-order chi connectivity index (χ1) is 32.6. The van der Waals surface area contributed by atoms with E-state index < -0.39 is 47.5 Å². The maximum absolute atomic E-state index is 14.2. The number of hydrogen-bond donors (Lipinski definition) is 4. The minimum absolute atomic E-state index is 0.0140. The van der Waals surface area contributed by atoms with E-state index in [4.69, 9.17) is 37.4 Å². The highest BCUT2D eigenvalue weighted by Crippen LogP contribution is 2.43. The fourth-order valence-corrected chi connectivity index (χ4v) is 10.0. The molecule has 0 bridgehead atoms. The number of hydrogen-bond acceptors (Lipinski definition) is 13. The van der Waals surface area contributed by atoms with Crippen LogP contribution in [0.4, 0.5) is 10.2 Å². The third-order valence-electron chi connectivity index (χ3n) is 12.4. The number of carbonyl (C=O) groups is 3. The third-order valence-corrected chi connectivity index (χ3v) is 14.1. The van der Waals surface area contributed by atoms with Crippen LogP contribution in [0.3, 0.4) is 0 Å². The molecule has 2 fully saturated rings. The molecule has 4 atom stereocenters. The molecule has 2 aromatic carbocycles. The Bertz CT molecular complexity index is 2580. The maximum Gasteiger partial charge on any atom is 0.246 e. The Balaban J connectivity index is 0.722. The number of anilines is 1. The first-order valence-corrected chi connectivity index (χ1v) is 24.3. The molecule has 2 saturated heterocycles. The van der Waals surface area contributed by atoms with Gasteiger partial charge in [0.1, 0.15) is 24.5 Å². The summed E-state index contributed by atoms with van der Waals surface area (Å²) in [6.45, 7) is 11.0. The number of ether oxygens (including phenoxy) is 3. The number of halogens is 3. The lowest BCUT2D eigenvalue weighted by Gasteiger charge is -2.35. The van der Waals surface area contributed by atoms with Gasteiger partial charge < -0.3 is 45.1 Å². The van der Waals surface area contributed by atoms with E-state index in [-0.39, 0.29) is 54.7 Å². The van der Waals surface area contributed by atoms with Crippen LogP contribution < -0.4 is 20.7 Å². The molecule has 68 heavy (non-hydrogen) atoms. The molecule has 0 spiro atoms. The Labute approximate surface area is 408 Å². The van der Waals surface area contributed by atoms with Gasteiger partial charge in [0.05, 0.1) is 69.9 Å². The number of thiazole rings is 1. The van der Waals surface area contributed by atoms with Gasteiger partial charge in [-0.2, -0.15) is 5.10 Å². The molecule has 16 nitrogen and oxygen atoms in total. The van der Waals surface area contributed by atoms with Crippen molar-refractivity contribution < 1.29 is 38.1 Å². The normalized spacial score (nSPS) is 19.1. The second-order valence-corrected chi connectivity index (χ2v) is 20.0. The van der Waals surface area contributed by atoms with Crippen molar-refractivity contribution in [3.05, 3.63) is 99.2 Å². The quantitative estimate of drug-likeness (QED) is 0.0565. The predicted octanol–water partition coefficient (Wildman–Crippen LogP) is 6.81. The number of fused-ring (bicyclic) bond motifs is 1. The molecular weight excluding hydrogens is 937 g/mol. The Morgan fingerprint density at radius 3 is 2.51 bits per heavy atom. The zero-order valence-corrected chi connectivity index (χ0v) is 40.7. The van der Waals surface area contributed by atoms with E-state index in [0.717, 1.165) is 65.3 Å². The minimum atomic E-state index is -0.960. The largest absolute Gasteiger partial charge is 0.462 e. The maximum atomic E-state index is 14.2. The van der Waals surface area contributed by atoms with Gasteiger partial charge in [-0.05, 0) is 54.5 Å². The van der Waals surface area contributed by atoms with Crippen molar-refractivity contribution in [2.45, 2.75) is 84.0 Å². The molecule has 3 aromatic heterocycles. The second-order valence-electron chi connectivity index (χ2n) is 18.4. The van der Waals surface area contributed by atoms with Crippen LogP contribution in [0.1, 0.15) is 69.1 Å². The molecular formula is C48H56Cl2FN9O7S. The molecule has 20 heteroatoms. The average Bonchev–Trinajstić information content (AvgIpc) is 4.15. The van der Waals surface area contributed by atoms with E-state index in [9.17, 15) is 23.9 Å². The molecule has 6 heterocycles. The van der Waals surface area contributed by atoms with Crippen molar-refractivity contribution in [2.24, 2.45) is 5.41 Å². The standard InChI is InChI=1S/C48H56Cl2FN9O7S/c1-28-42(68-27-54-28)30-7-5-29(6-8-30)21-53-45(63)37-20-34(61)25-59(37)47(64)43(48(2,3)4)56-39(62)26-66-18-17-65-16-15-58-13-11-33(12-14-58)60-24-32(23-55-60)31-19-38-44(52-22-31)57-46(67-38)40-35(49)9-10-36(51)41(40)50/h5-10,19,22-24,27,33-34,37,43,46,61H,11-18,20-21,25-26H2,1-4H3,(H,52,57)(H,53,63)(H,56,62)/t34-,37+,43-,46+/m1/s1. The topological polar surface area (TPSA) is 185 Å². The highest BCUT2D eigenvalue weighted by Gasteiger charge is 2.44. The SMILES string of the molecule is Cc1ncsc1-c1ccc(CNC(=O)[C@@H]2C[C@@H](O)CN2C(=O)[C@@H](NC(=O)COCCOCCN2CCC(n3cc(-c4cnc5c(c4)O[C@@H](c4c(Cl)ccc(F)c4Cl)N5)cn3)CC2)C(C)(C)C)cc1. The van der Waals surface area contributed by atoms with Gasteiger partial charge in [-0.3, -0.25) is 19.1 Å². The minimum Gasteiger partial charge on any atom is -0.462 e. The number of benzene rings is 2. The molecule has 0 radical (unpaired) electrons. The summed E-state index contributed by atoms with van der Waals surface area (Å²) in [5.74, 6) is -0.857. The Morgan fingerprint density at radius 2 is 1.78 bits per heavy atom. The zero-order chi connectivity index (χ0) is 48.1. The molecule has 0 aliphatic carbocycles. The van der Waals surface area contributed by atoms with E-state index in [1.54, 1.807) is 17.5 Å². The van der Waals surface area contributed by atoms with Crippen LogP contribution in [0, 0.1) is 18.2 Å². The highest BCUT2D eigenvalue weighted by atomic mass is 35.5. The van der Waals surface area contributed by atoms with Crippen molar-refractivity contribution in [3.63, 3.8) is 0 Å². The molecule has 5 aromatic rings. The second kappa shape index (κ2) is 21.6. The number of rotatable bonds is 17. The van der Waals surface area contributed by atoms with Crippen molar-refractivity contribution in [1.29, 1.82) is 0 Å². The van der Waals surface area contributed by atoms with Crippen LogP contribution in [-0.2, 0) is 30.4 Å². The molecule has 3 aliphatic rings. The van der Waals surface area contributed by atoms with Crippen LogP contribution in [0.15, 0.2) is 66.6 Å². The summed E-state index contributed by atoms with van der Waals surface area (Å²) < 4.78 is 33.7. The van der Waals surface area contributed by atoms with Crippen LogP contribution >= 0.6 is 34.5 Å². The van der Waals surface area contributed by atoms with Crippen LogP contribution in [-0.4, -0.2) is 123 Å². The number of amides is 3. The average molecular weight is 993 g/mol. The van der Waals surface area contributed by atoms with E-state index >= 15 is 0 Å². The smallest absolute Gasteiger partial charge is 0.246 e.